The van der Waals surface area contributed by atoms with E-state index in [9.17, 15) is 4.79 Å². The zero-order valence-corrected chi connectivity index (χ0v) is 17.2. The van der Waals surface area contributed by atoms with Gasteiger partial charge in [-0.3, -0.25) is 4.79 Å². The summed E-state index contributed by atoms with van der Waals surface area (Å²) in [5.74, 6) is 0.0539. The molecule has 0 bridgehead atoms. The van der Waals surface area contributed by atoms with E-state index in [1.807, 2.05) is 60.2 Å². The molecule has 0 saturated carbocycles. The Morgan fingerprint density at radius 1 is 0.833 bits per heavy atom. The molecule has 2 heteroatoms. The van der Waals surface area contributed by atoms with Crippen molar-refractivity contribution in [2.45, 2.75) is 19.9 Å². The lowest BCUT2D eigenvalue weighted by molar-refractivity contribution is 0.103. The largest absolute Gasteiger partial charge is 0.341 e. The van der Waals surface area contributed by atoms with E-state index >= 15 is 0 Å². The van der Waals surface area contributed by atoms with Gasteiger partial charge in [0.2, 0.25) is 5.78 Å². The molecule has 0 amide bonds. The molecule has 30 heavy (non-hydrogen) atoms. The van der Waals surface area contributed by atoms with Crippen molar-refractivity contribution in [3.8, 4) is 0 Å². The van der Waals surface area contributed by atoms with E-state index in [0.717, 1.165) is 17.5 Å². The van der Waals surface area contributed by atoms with Crippen LogP contribution < -0.4 is 0 Å². The first kappa shape index (κ1) is 19.7. The average Bonchev–Trinajstić information content (AvgIpc) is 3.23. The topological polar surface area (TPSA) is 22.0 Å². The summed E-state index contributed by atoms with van der Waals surface area (Å²) in [5, 5.41) is 0. The highest BCUT2D eigenvalue weighted by Crippen LogP contribution is 2.14. The van der Waals surface area contributed by atoms with Crippen molar-refractivity contribution in [2.75, 3.05) is 0 Å². The van der Waals surface area contributed by atoms with Crippen LogP contribution in [0.5, 0.6) is 0 Å². The van der Waals surface area contributed by atoms with Crippen molar-refractivity contribution in [2.24, 2.45) is 0 Å². The van der Waals surface area contributed by atoms with Crippen LogP contribution in [0.3, 0.4) is 0 Å². The average molecular weight is 392 g/mol. The molecule has 2 nitrogen and oxygen atoms in total. The van der Waals surface area contributed by atoms with Crippen molar-refractivity contribution in [1.82, 2.24) is 4.57 Å². The molecule has 0 aliphatic rings. The molecule has 4 aromatic rings. The van der Waals surface area contributed by atoms with Crippen LogP contribution in [0.2, 0.25) is 0 Å². The first-order chi connectivity index (χ1) is 14.7. The van der Waals surface area contributed by atoms with E-state index in [1.54, 1.807) is 0 Å². The first-order valence-electron chi connectivity index (χ1n) is 10.2. The maximum atomic E-state index is 12.8. The lowest BCUT2D eigenvalue weighted by atomic mass is 10.0. The number of benzene rings is 3. The second kappa shape index (κ2) is 9.23. The molecule has 0 spiro atoms. The highest BCUT2D eigenvalue weighted by Gasteiger charge is 2.12. The molecule has 4 rings (SSSR count). The Kier molecular flexibility index (Phi) is 6.05. The summed E-state index contributed by atoms with van der Waals surface area (Å²) in [7, 11) is 0. The maximum absolute atomic E-state index is 12.8. The van der Waals surface area contributed by atoms with Crippen molar-refractivity contribution < 1.29 is 4.79 Å². The van der Waals surface area contributed by atoms with Gasteiger partial charge in [0.05, 0.1) is 5.69 Å². The number of carbonyl (C=O) groups excluding carboxylic acids is 1. The Morgan fingerprint density at radius 3 is 2.40 bits per heavy atom. The molecule has 0 unspecified atom stereocenters. The Bertz CT molecular complexity index is 1150. The molecular weight excluding hydrogens is 366 g/mol. The summed E-state index contributed by atoms with van der Waals surface area (Å²) >= 11 is 0. The van der Waals surface area contributed by atoms with Crippen LogP contribution in [0.4, 0.5) is 0 Å². The minimum atomic E-state index is 0.0539. The van der Waals surface area contributed by atoms with Crippen LogP contribution in [0.25, 0.3) is 6.08 Å². The summed E-state index contributed by atoms with van der Waals surface area (Å²) in [4.78, 5) is 12.8. The summed E-state index contributed by atoms with van der Waals surface area (Å²) in [6, 6.07) is 30.6. The molecule has 0 aliphatic heterocycles. The van der Waals surface area contributed by atoms with Gasteiger partial charge in [0.15, 0.2) is 0 Å². The number of aryl methyl sites for hydroxylation is 1. The van der Waals surface area contributed by atoms with Gasteiger partial charge in [-0.05, 0) is 42.2 Å². The van der Waals surface area contributed by atoms with Gasteiger partial charge in [-0.2, -0.15) is 0 Å². The molecule has 0 radical (unpaired) electrons. The Labute approximate surface area is 178 Å². The second-order valence-corrected chi connectivity index (χ2v) is 7.55. The highest BCUT2D eigenvalue weighted by molar-refractivity contribution is 6.08. The molecule has 0 aliphatic carbocycles. The molecule has 0 atom stereocenters. The predicted molar refractivity (Wildman–Crippen MR) is 124 cm³/mol. The maximum Gasteiger partial charge on any atom is 0.209 e. The molecule has 1 aromatic heterocycles. The third-order valence-corrected chi connectivity index (χ3v) is 5.19. The minimum absolute atomic E-state index is 0.0539. The zero-order chi connectivity index (χ0) is 20.8. The summed E-state index contributed by atoms with van der Waals surface area (Å²) in [6.07, 6.45) is 7.11. The molecule has 3 aromatic carbocycles. The van der Waals surface area contributed by atoms with Gasteiger partial charge < -0.3 is 4.57 Å². The number of rotatable bonds is 7. The van der Waals surface area contributed by atoms with Crippen LogP contribution in [0.15, 0.2) is 103 Å². The van der Waals surface area contributed by atoms with E-state index in [2.05, 4.69) is 60.7 Å². The fourth-order valence-corrected chi connectivity index (χ4v) is 3.57. The third kappa shape index (κ3) is 4.84. The lowest BCUT2D eigenvalue weighted by Gasteiger charge is -2.07. The molecule has 0 saturated heterocycles. The third-order valence-electron chi connectivity index (χ3n) is 5.19. The lowest BCUT2D eigenvalue weighted by Crippen LogP contribution is -2.09. The quantitative estimate of drug-likeness (QED) is 0.337. The molecular formula is C28H25NO. The van der Waals surface area contributed by atoms with Gasteiger partial charge in [0, 0.05) is 18.3 Å². The first-order valence-corrected chi connectivity index (χ1v) is 10.2. The fraction of sp³-hybridized carbons (Fsp3) is 0.107. The van der Waals surface area contributed by atoms with Crippen LogP contribution in [-0.4, -0.2) is 10.4 Å². The van der Waals surface area contributed by atoms with Crippen molar-refractivity contribution >= 4 is 11.9 Å². The predicted octanol–water partition coefficient (Wildman–Crippen LogP) is 6.33. The molecule has 0 N–H and O–H groups in total. The van der Waals surface area contributed by atoms with E-state index in [1.165, 1.54) is 16.7 Å². The number of hydrogen-bond donors (Lipinski definition) is 0. The van der Waals surface area contributed by atoms with E-state index in [4.69, 9.17) is 0 Å². The smallest absolute Gasteiger partial charge is 0.209 e. The van der Waals surface area contributed by atoms with Crippen molar-refractivity contribution in [3.63, 3.8) is 0 Å². The van der Waals surface area contributed by atoms with E-state index in [-0.39, 0.29) is 5.78 Å². The van der Waals surface area contributed by atoms with Crippen molar-refractivity contribution in [1.29, 1.82) is 0 Å². The van der Waals surface area contributed by atoms with E-state index < -0.39 is 0 Å². The Balaban J connectivity index is 1.44. The number of ketones is 1. The standard InChI is InChI=1S/C28H25NO/c1-22-14-16-26(17-15-22)28(30)27-13-7-19-29(27)18-6-12-24-10-5-11-25(21-24)20-23-8-3-2-4-9-23/h2-17,19,21H,18,20H2,1H3/b12-6+. The van der Waals surface area contributed by atoms with Crippen molar-refractivity contribution in [3.05, 3.63) is 137 Å². The molecule has 0 fully saturated rings. The molecule has 1 heterocycles. The summed E-state index contributed by atoms with van der Waals surface area (Å²) in [6.45, 7) is 2.68. The Morgan fingerprint density at radius 2 is 1.60 bits per heavy atom. The summed E-state index contributed by atoms with van der Waals surface area (Å²) < 4.78 is 1.99. The molecule has 148 valence electrons. The van der Waals surface area contributed by atoms with E-state index in [0.29, 0.717) is 12.2 Å². The van der Waals surface area contributed by atoms with Crippen LogP contribution in [0.1, 0.15) is 38.3 Å². The second-order valence-electron chi connectivity index (χ2n) is 7.55. The van der Waals surface area contributed by atoms with Gasteiger partial charge >= 0.3 is 0 Å². The minimum Gasteiger partial charge on any atom is -0.341 e. The highest BCUT2D eigenvalue weighted by atomic mass is 16.1. The number of allylic oxidation sites excluding steroid dienone is 1. The Hall–Kier alpha value is -3.65. The monoisotopic (exact) mass is 391 g/mol. The number of hydrogen-bond acceptors (Lipinski definition) is 1. The number of nitrogens with zero attached hydrogens (tertiary/aromatic N) is 1. The fourth-order valence-electron chi connectivity index (χ4n) is 3.57. The summed E-state index contributed by atoms with van der Waals surface area (Å²) in [5.41, 5.74) is 6.35. The van der Waals surface area contributed by atoms with Crippen LogP contribution in [-0.2, 0) is 13.0 Å². The van der Waals surface area contributed by atoms with Gasteiger partial charge in [0.25, 0.3) is 0 Å². The zero-order valence-electron chi connectivity index (χ0n) is 17.2. The SMILES string of the molecule is Cc1ccc(C(=O)c2cccn2C/C=C/c2cccc(Cc3ccccc3)c2)cc1. The van der Waals surface area contributed by atoms with Gasteiger partial charge in [-0.1, -0.05) is 96.6 Å². The van der Waals surface area contributed by atoms with Crippen LogP contribution >= 0.6 is 0 Å². The van der Waals surface area contributed by atoms with Gasteiger partial charge in [-0.25, -0.2) is 0 Å². The number of aromatic nitrogens is 1. The van der Waals surface area contributed by atoms with Crippen LogP contribution in [0, 0.1) is 6.92 Å². The van der Waals surface area contributed by atoms with Gasteiger partial charge in [-0.15, -0.1) is 0 Å². The normalized spacial score (nSPS) is 11.1. The number of carbonyl (C=O) groups is 1. The van der Waals surface area contributed by atoms with Gasteiger partial charge in [0.1, 0.15) is 0 Å².